The van der Waals surface area contributed by atoms with Crippen molar-refractivity contribution in [3.05, 3.63) is 77.9 Å². The minimum absolute atomic E-state index is 0. The van der Waals surface area contributed by atoms with Crippen molar-refractivity contribution in [3.63, 3.8) is 0 Å². The Morgan fingerprint density at radius 2 is 1.80 bits per heavy atom. The number of pyridine rings is 1. The molecule has 0 aliphatic carbocycles. The van der Waals surface area contributed by atoms with Gasteiger partial charge in [0.15, 0.2) is 0 Å². The Kier molecular flexibility index (Phi) is 5.34. The fourth-order valence-electron chi connectivity index (χ4n) is 3.24. The lowest BCUT2D eigenvalue weighted by Crippen LogP contribution is -2.18. The molecular weight excluding hydrogens is 380 g/mol. The van der Waals surface area contributed by atoms with Crippen molar-refractivity contribution in [3.8, 4) is 17.2 Å². The lowest BCUT2D eigenvalue weighted by molar-refractivity contribution is 0.0958. The zero-order valence-corrected chi connectivity index (χ0v) is 17.0. The average molecular weight is 404 g/mol. The zero-order chi connectivity index (χ0) is 21.1. The summed E-state index contributed by atoms with van der Waals surface area (Å²) >= 11 is 0. The zero-order valence-electron chi connectivity index (χ0n) is 17.0. The minimum atomic E-state index is -0.260. The Morgan fingerprint density at radius 3 is 2.53 bits per heavy atom. The second kappa shape index (κ2) is 8.24. The first-order valence-electron chi connectivity index (χ1n) is 9.51. The summed E-state index contributed by atoms with van der Waals surface area (Å²) < 4.78 is 13.2. The predicted molar refractivity (Wildman–Crippen MR) is 116 cm³/mol. The molecule has 7 nitrogen and oxygen atoms in total. The van der Waals surface area contributed by atoms with Crippen LogP contribution in [-0.4, -0.2) is 34.6 Å². The molecule has 30 heavy (non-hydrogen) atoms. The van der Waals surface area contributed by atoms with Gasteiger partial charge in [-0.05, 0) is 35.9 Å². The van der Waals surface area contributed by atoms with Crippen LogP contribution in [0.3, 0.4) is 0 Å². The van der Waals surface area contributed by atoms with Crippen LogP contribution in [0.5, 0.6) is 17.2 Å². The number of carbonyl (C=O) groups is 1. The molecule has 4 aromatic rings. The first-order chi connectivity index (χ1) is 14.6. The Balaban J connectivity index is 0.00000272. The van der Waals surface area contributed by atoms with E-state index in [0.29, 0.717) is 23.6 Å². The predicted octanol–water partition coefficient (Wildman–Crippen LogP) is 3.97. The van der Waals surface area contributed by atoms with Crippen LogP contribution in [0.1, 0.15) is 23.3 Å². The van der Waals surface area contributed by atoms with Gasteiger partial charge in [-0.1, -0.05) is 12.1 Å². The third kappa shape index (κ3) is 3.96. The molecule has 0 aliphatic heterocycles. The fourth-order valence-corrected chi connectivity index (χ4v) is 3.24. The summed E-state index contributed by atoms with van der Waals surface area (Å²) in [6, 6.07) is 17.1. The van der Waals surface area contributed by atoms with Crippen LogP contribution in [0.25, 0.3) is 11.0 Å². The van der Waals surface area contributed by atoms with Gasteiger partial charge < -0.3 is 19.4 Å². The average Bonchev–Trinajstić information content (AvgIpc) is 3.08. The number of benzene rings is 2. The first-order valence-corrected chi connectivity index (χ1v) is 9.51. The van der Waals surface area contributed by atoms with Gasteiger partial charge in [0.05, 0.1) is 18.1 Å². The molecule has 2 aromatic carbocycles. The van der Waals surface area contributed by atoms with Gasteiger partial charge in [-0.2, -0.15) is 0 Å². The standard InChI is InChI=1S/C23H22N4O3.H2/c1-24-23(28)20-14-18(10-11-25-20)30-17-8-9-21-19(13-17)26-22(27(21)2)12-15-4-6-16(29-3)7-5-15;/h4-11,13-14H,12H2,1-3H3,(H,24,28);1H. The summed E-state index contributed by atoms with van der Waals surface area (Å²) in [5, 5.41) is 2.56. The molecule has 0 saturated carbocycles. The molecule has 2 heterocycles. The summed E-state index contributed by atoms with van der Waals surface area (Å²) in [5.74, 6) is 2.71. The smallest absolute Gasteiger partial charge is 0.269 e. The van der Waals surface area contributed by atoms with E-state index < -0.39 is 0 Å². The van der Waals surface area contributed by atoms with Gasteiger partial charge in [-0.15, -0.1) is 0 Å². The molecule has 0 atom stereocenters. The molecule has 0 aliphatic rings. The van der Waals surface area contributed by atoms with E-state index in [4.69, 9.17) is 14.5 Å². The van der Waals surface area contributed by atoms with Crippen LogP contribution in [0.2, 0.25) is 0 Å². The van der Waals surface area contributed by atoms with Gasteiger partial charge >= 0.3 is 0 Å². The van der Waals surface area contributed by atoms with Crippen molar-refractivity contribution < 1.29 is 15.7 Å². The van der Waals surface area contributed by atoms with E-state index in [-0.39, 0.29) is 7.33 Å². The molecule has 1 N–H and O–H groups in total. The minimum Gasteiger partial charge on any atom is -0.497 e. The Labute approximate surface area is 175 Å². The maximum Gasteiger partial charge on any atom is 0.269 e. The van der Waals surface area contributed by atoms with Crippen molar-refractivity contribution in [2.45, 2.75) is 6.42 Å². The van der Waals surface area contributed by atoms with E-state index in [1.165, 1.54) is 0 Å². The number of carbonyl (C=O) groups excluding carboxylic acids is 1. The highest BCUT2D eigenvalue weighted by molar-refractivity contribution is 5.92. The number of nitrogens with one attached hydrogen (secondary N) is 1. The van der Waals surface area contributed by atoms with Crippen molar-refractivity contribution in [2.24, 2.45) is 7.05 Å². The van der Waals surface area contributed by atoms with Gasteiger partial charge in [-0.25, -0.2) is 4.98 Å². The molecule has 7 heteroatoms. The largest absolute Gasteiger partial charge is 0.497 e. The maximum absolute atomic E-state index is 11.8. The second-order valence-electron chi connectivity index (χ2n) is 6.82. The van der Waals surface area contributed by atoms with Crippen molar-refractivity contribution in [1.29, 1.82) is 0 Å². The van der Waals surface area contributed by atoms with Crippen LogP contribution in [0.4, 0.5) is 0 Å². The van der Waals surface area contributed by atoms with Crippen LogP contribution in [-0.2, 0) is 13.5 Å². The van der Waals surface area contributed by atoms with Crippen molar-refractivity contribution in [1.82, 2.24) is 19.9 Å². The highest BCUT2D eigenvalue weighted by Gasteiger charge is 2.11. The number of imidazole rings is 1. The topological polar surface area (TPSA) is 78.3 Å². The third-order valence-corrected chi connectivity index (χ3v) is 4.89. The Hall–Kier alpha value is -3.87. The third-order valence-electron chi connectivity index (χ3n) is 4.89. The van der Waals surface area contributed by atoms with E-state index in [1.807, 2.05) is 49.5 Å². The second-order valence-corrected chi connectivity index (χ2v) is 6.82. The van der Waals surface area contributed by atoms with Crippen molar-refractivity contribution in [2.75, 3.05) is 14.2 Å². The van der Waals surface area contributed by atoms with Crippen LogP contribution >= 0.6 is 0 Å². The molecule has 0 unspecified atom stereocenters. The summed E-state index contributed by atoms with van der Waals surface area (Å²) in [7, 11) is 5.23. The first kappa shape index (κ1) is 19.4. The number of hydrogen-bond acceptors (Lipinski definition) is 5. The number of ether oxygens (including phenoxy) is 2. The summed E-state index contributed by atoms with van der Waals surface area (Å²) in [5.41, 5.74) is 3.32. The highest BCUT2D eigenvalue weighted by atomic mass is 16.5. The molecule has 1 amide bonds. The quantitative estimate of drug-likeness (QED) is 0.526. The normalized spacial score (nSPS) is 10.8. The number of aromatic nitrogens is 3. The molecule has 0 fully saturated rings. The summed E-state index contributed by atoms with van der Waals surface area (Å²) in [6.45, 7) is 0. The van der Waals surface area contributed by atoms with E-state index in [1.54, 1.807) is 32.5 Å². The molecule has 0 spiro atoms. The van der Waals surface area contributed by atoms with E-state index in [0.717, 1.165) is 28.2 Å². The summed E-state index contributed by atoms with van der Waals surface area (Å²) in [6.07, 6.45) is 2.26. The van der Waals surface area contributed by atoms with Crippen LogP contribution in [0, 0.1) is 0 Å². The Bertz CT molecular complexity index is 1210. The number of aryl methyl sites for hydroxylation is 1. The van der Waals surface area contributed by atoms with E-state index in [2.05, 4.69) is 14.9 Å². The highest BCUT2D eigenvalue weighted by Crippen LogP contribution is 2.27. The van der Waals surface area contributed by atoms with Gasteiger partial charge in [0.25, 0.3) is 5.91 Å². The molecule has 154 valence electrons. The van der Waals surface area contributed by atoms with Gasteiger partial charge in [0, 0.05) is 40.3 Å². The lowest BCUT2D eigenvalue weighted by atomic mass is 10.1. The van der Waals surface area contributed by atoms with E-state index >= 15 is 0 Å². The monoisotopic (exact) mass is 404 g/mol. The van der Waals surface area contributed by atoms with Gasteiger partial charge in [0.2, 0.25) is 0 Å². The van der Waals surface area contributed by atoms with Gasteiger partial charge in [-0.3, -0.25) is 9.78 Å². The Morgan fingerprint density at radius 1 is 1.07 bits per heavy atom. The SMILES string of the molecule is CNC(=O)c1cc(Oc2ccc3c(c2)nc(Cc2ccc(OC)cc2)n3C)ccn1.[HH]. The summed E-state index contributed by atoms with van der Waals surface area (Å²) in [4.78, 5) is 20.6. The molecular formula is C23H24N4O3. The molecule has 2 aromatic heterocycles. The number of hydrogen-bond donors (Lipinski definition) is 1. The number of nitrogens with zero attached hydrogens (tertiary/aromatic N) is 3. The van der Waals surface area contributed by atoms with E-state index in [9.17, 15) is 4.79 Å². The van der Waals surface area contributed by atoms with Crippen LogP contribution < -0.4 is 14.8 Å². The molecule has 0 saturated heterocycles. The molecule has 0 bridgehead atoms. The lowest BCUT2D eigenvalue weighted by Gasteiger charge is -2.07. The number of rotatable bonds is 6. The number of amides is 1. The number of fused-ring (bicyclic) bond motifs is 1. The van der Waals surface area contributed by atoms with Crippen molar-refractivity contribution >= 4 is 16.9 Å². The molecule has 0 radical (unpaired) electrons. The fraction of sp³-hybridized carbons (Fsp3) is 0.174. The number of methoxy groups -OCH3 is 1. The molecule has 4 rings (SSSR count). The van der Waals surface area contributed by atoms with Crippen LogP contribution in [0.15, 0.2) is 60.8 Å². The van der Waals surface area contributed by atoms with Gasteiger partial charge in [0.1, 0.15) is 28.8 Å². The maximum atomic E-state index is 11.8.